The van der Waals surface area contributed by atoms with Crippen molar-refractivity contribution in [3.8, 4) is 5.75 Å². The minimum atomic E-state index is -0.0926. The Morgan fingerprint density at radius 1 is 1.27 bits per heavy atom. The van der Waals surface area contributed by atoms with E-state index in [9.17, 15) is 9.59 Å². The molecule has 0 radical (unpaired) electrons. The summed E-state index contributed by atoms with van der Waals surface area (Å²) in [5.74, 6) is 1.10. The molecule has 0 aliphatic carbocycles. The molecule has 0 bridgehead atoms. The lowest BCUT2D eigenvalue weighted by molar-refractivity contribution is -0.132. The van der Waals surface area contributed by atoms with Gasteiger partial charge in [-0.2, -0.15) is 0 Å². The van der Waals surface area contributed by atoms with Crippen LogP contribution in [0.5, 0.6) is 5.75 Å². The summed E-state index contributed by atoms with van der Waals surface area (Å²) >= 11 is 0. The average molecular weight is 414 g/mol. The maximum absolute atomic E-state index is 12.8. The Kier molecular flexibility index (Phi) is 7.43. The van der Waals surface area contributed by atoms with Crippen molar-refractivity contribution in [1.82, 2.24) is 24.8 Å². The summed E-state index contributed by atoms with van der Waals surface area (Å²) in [7, 11) is 1.63. The number of carbonyl (C=O) groups is 2. The Morgan fingerprint density at radius 2 is 2.07 bits per heavy atom. The number of benzene rings is 1. The number of hydrogen-bond acceptors (Lipinski definition) is 5. The normalized spacial score (nSPS) is 16.4. The first-order valence-corrected chi connectivity index (χ1v) is 10.6. The van der Waals surface area contributed by atoms with Crippen LogP contribution in [0.2, 0.25) is 0 Å². The molecule has 0 N–H and O–H groups in total. The van der Waals surface area contributed by atoms with Gasteiger partial charge < -0.3 is 14.5 Å². The Balaban J connectivity index is 1.57. The first-order chi connectivity index (χ1) is 14.5. The van der Waals surface area contributed by atoms with Crippen molar-refractivity contribution in [2.45, 2.75) is 39.7 Å². The first-order valence-electron chi connectivity index (χ1n) is 10.6. The molecule has 2 aromatic rings. The number of hydrogen-bond donors (Lipinski definition) is 0. The predicted molar refractivity (Wildman–Crippen MR) is 113 cm³/mol. The van der Waals surface area contributed by atoms with E-state index in [0.717, 1.165) is 30.7 Å². The van der Waals surface area contributed by atoms with Crippen molar-refractivity contribution in [1.29, 1.82) is 0 Å². The summed E-state index contributed by atoms with van der Waals surface area (Å²) in [4.78, 5) is 28.9. The van der Waals surface area contributed by atoms with Crippen LogP contribution in [0.1, 0.15) is 42.7 Å². The van der Waals surface area contributed by atoms with Crippen LogP contribution in [-0.4, -0.2) is 69.9 Å². The molecular weight excluding hydrogens is 382 g/mol. The summed E-state index contributed by atoms with van der Waals surface area (Å²) in [6.07, 6.45) is 4.09. The maximum atomic E-state index is 12.8. The molecule has 0 spiro atoms. The standard InChI is InChI=1S/C22H31N5O3/c1-4-25(5-2)22(29)20-16-27(24-23-20)15-18-9-7-11-26(14-18)21(28)13-17-8-6-10-19(12-17)30-3/h6,8,10,12,16,18H,4-5,7,9,11,13-15H2,1-3H3/t18-/m0/s1. The number of likely N-dealkylation sites (tertiary alicyclic amines) is 1. The molecule has 8 nitrogen and oxygen atoms in total. The van der Waals surface area contributed by atoms with Crippen LogP contribution in [0.3, 0.4) is 0 Å². The highest BCUT2D eigenvalue weighted by atomic mass is 16.5. The molecule has 3 rings (SSSR count). The van der Waals surface area contributed by atoms with Crippen LogP contribution in [0.4, 0.5) is 0 Å². The van der Waals surface area contributed by atoms with E-state index in [1.807, 2.05) is 43.0 Å². The van der Waals surface area contributed by atoms with E-state index >= 15 is 0 Å². The van der Waals surface area contributed by atoms with Gasteiger partial charge in [0.05, 0.1) is 19.7 Å². The lowest BCUT2D eigenvalue weighted by Gasteiger charge is -2.32. The molecule has 1 aromatic carbocycles. The summed E-state index contributed by atoms with van der Waals surface area (Å²) in [5.41, 5.74) is 1.33. The molecule has 1 aromatic heterocycles. The van der Waals surface area contributed by atoms with Gasteiger partial charge in [0, 0.05) is 32.7 Å². The number of carbonyl (C=O) groups excluding carboxylic acids is 2. The highest BCUT2D eigenvalue weighted by Crippen LogP contribution is 2.20. The second-order valence-corrected chi connectivity index (χ2v) is 7.68. The second-order valence-electron chi connectivity index (χ2n) is 7.68. The van der Waals surface area contributed by atoms with Crippen molar-refractivity contribution >= 4 is 11.8 Å². The Morgan fingerprint density at radius 3 is 2.80 bits per heavy atom. The summed E-state index contributed by atoms with van der Waals surface area (Å²) in [5, 5.41) is 8.19. The highest BCUT2D eigenvalue weighted by Gasteiger charge is 2.25. The molecule has 2 heterocycles. The van der Waals surface area contributed by atoms with Gasteiger partial charge in [0.1, 0.15) is 5.75 Å². The molecule has 30 heavy (non-hydrogen) atoms. The predicted octanol–water partition coefficient (Wildman–Crippen LogP) is 2.25. The quantitative estimate of drug-likeness (QED) is 0.663. The van der Waals surface area contributed by atoms with Crippen LogP contribution >= 0.6 is 0 Å². The van der Waals surface area contributed by atoms with Crippen LogP contribution < -0.4 is 4.74 Å². The first kappa shape index (κ1) is 21.8. The van der Waals surface area contributed by atoms with E-state index < -0.39 is 0 Å². The van der Waals surface area contributed by atoms with E-state index in [1.165, 1.54) is 0 Å². The molecule has 8 heteroatoms. The van der Waals surface area contributed by atoms with Gasteiger partial charge in [-0.15, -0.1) is 5.10 Å². The van der Waals surface area contributed by atoms with Crippen molar-refractivity contribution in [2.75, 3.05) is 33.3 Å². The minimum absolute atomic E-state index is 0.0926. The zero-order valence-electron chi connectivity index (χ0n) is 18.1. The van der Waals surface area contributed by atoms with Gasteiger partial charge in [-0.05, 0) is 50.3 Å². The maximum Gasteiger partial charge on any atom is 0.276 e. The third-order valence-corrected chi connectivity index (χ3v) is 5.61. The monoisotopic (exact) mass is 413 g/mol. The van der Waals surface area contributed by atoms with E-state index in [0.29, 0.717) is 44.2 Å². The number of methoxy groups -OCH3 is 1. The number of rotatable bonds is 8. The molecule has 2 amide bonds. The molecule has 0 saturated carbocycles. The molecule has 162 valence electrons. The molecule has 1 aliphatic rings. The van der Waals surface area contributed by atoms with Crippen LogP contribution in [0.15, 0.2) is 30.5 Å². The van der Waals surface area contributed by atoms with Crippen LogP contribution in [0, 0.1) is 5.92 Å². The zero-order valence-corrected chi connectivity index (χ0v) is 18.1. The zero-order chi connectivity index (χ0) is 21.5. The van der Waals surface area contributed by atoms with Crippen molar-refractivity contribution in [3.63, 3.8) is 0 Å². The number of nitrogens with zero attached hydrogens (tertiary/aromatic N) is 5. The molecule has 0 unspecified atom stereocenters. The number of amides is 2. The lowest BCUT2D eigenvalue weighted by Crippen LogP contribution is -2.41. The molecule has 1 fully saturated rings. The minimum Gasteiger partial charge on any atom is -0.497 e. The Labute approximate surface area is 177 Å². The fourth-order valence-electron chi connectivity index (χ4n) is 3.93. The van der Waals surface area contributed by atoms with E-state index in [4.69, 9.17) is 4.74 Å². The fraction of sp³-hybridized carbons (Fsp3) is 0.545. The SMILES string of the molecule is CCN(CC)C(=O)c1cn(C[C@H]2CCCN(C(=O)Cc3cccc(OC)c3)C2)nn1. The number of aromatic nitrogens is 3. The molecule has 1 atom stereocenters. The van der Waals surface area contributed by atoms with Gasteiger partial charge in [0.25, 0.3) is 5.91 Å². The van der Waals surface area contributed by atoms with Crippen molar-refractivity contribution in [2.24, 2.45) is 5.92 Å². The molecule has 1 aliphatic heterocycles. The van der Waals surface area contributed by atoms with Gasteiger partial charge in [-0.25, -0.2) is 0 Å². The second kappa shape index (κ2) is 10.2. The summed E-state index contributed by atoms with van der Waals surface area (Å²) < 4.78 is 6.98. The summed E-state index contributed by atoms with van der Waals surface area (Å²) in [6.45, 7) is 7.33. The van der Waals surface area contributed by atoms with E-state index in [1.54, 1.807) is 22.9 Å². The van der Waals surface area contributed by atoms with Gasteiger partial charge in [-0.3, -0.25) is 14.3 Å². The lowest BCUT2D eigenvalue weighted by atomic mass is 9.97. The molecule has 1 saturated heterocycles. The van der Waals surface area contributed by atoms with E-state index in [2.05, 4.69) is 10.3 Å². The molecular formula is C22H31N5O3. The van der Waals surface area contributed by atoms with Gasteiger partial charge in [-0.1, -0.05) is 17.3 Å². The largest absolute Gasteiger partial charge is 0.497 e. The third kappa shape index (κ3) is 5.37. The van der Waals surface area contributed by atoms with Crippen LogP contribution in [-0.2, 0) is 17.8 Å². The highest BCUT2D eigenvalue weighted by molar-refractivity contribution is 5.91. The average Bonchev–Trinajstić information content (AvgIpc) is 3.23. The van der Waals surface area contributed by atoms with Crippen LogP contribution in [0.25, 0.3) is 0 Å². The van der Waals surface area contributed by atoms with Gasteiger partial charge >= 0.3 is 0 Å². The Hall–Kier alpha value is -2.90. The summed E-state index contributed by atoms with van der Waals surface area (Å²) in [6, 6.07) is 7.64. The third-order valence-electron chi connectivity index (χ3n) is 5.61. The van der Waals surface area contributed by atoms with Crippen molar-refractivity contribution in [3.05, 3.63) is 41.7 Å². The van der Waals surface area contributed by atoms with Crippen molar-refractivity contribution < 1.29 is 14.3 Å². The Bertz CT molecular complexity index is 862. The fourth-order valence-corrected chi connectivity index (χ4v) is 3.93. The number of ether oxygens (including phenoxy) is 1. The van der Waals surface area contributed by atoms with Gasteiger partial charge in [0.15, 0.2) is 5.69 Å². The smallest absolute Gasteiger partial charge is 0.276 e. The van der Waals surface area contributed by atoms with Gasteiger partial charge in [0.2, 0.25) is 5.91 Å². The topological polar surface area (TPSA) is 80.6 Å². The number of piperidine rings is 1. The van der Waals surface area contributed by atoms with E-state index in [-0.39, 0.29) is 11.8 Å².